The summed E-state index contributed by atoms with van der Waals surface area (Å²) < 4.78 is 0. The molecule has 1 amide bonds. The van der Waals surface area contributed by atoms with Gasteiger partial charge in [0.25, 0.3) is 5.91 Å². The maximum Gasteiger partial charge on any atom is 0.328 e. The van der Waals surface area contributed by atoms with E-state index in [1.54, 1.807) is 12.1 Å². The predicted molar refractivity (Wildman–Crippen MR) is 171 cm³/mol. The van der Waals surface area contributed by atoms with Crippen molar-refractivity contribution in [2.75, 3.05) is 25.0 Å². The van der Waals surface area contributed by atoms with Gasteiger partial charge in [-0.15, -0.1) is 0 Å². The summed E-state index contributed by atoms with van der Waals surface area (Å²) in [6.07, 6.45) is 8.77. The largest absolute Gasteiger partial charge is 0.478 e. The van der Waals surface area contributed by atoms with E-state index in [0.29, 0.717) is 34.8 Å². The van der Waals surface area contributed by atoms with Crippen LogP contribution in [0.4, 0.5) is 5.69 Å². The summed E-state index contributed by atoms with van der Waals surface area (Å²) >= 11 is 12.5. The molecule has 0 aromatic heterocycles. The smallest absolute Gasteiger partial charge is 0.328 e. The topological polar surface area (TPSA) is 98.2 Å². The molecule has 2 aliphatic carbocycles. The third-order valence-corrected chi connectivity index (χ3v) is 8.71. The van der Waals surface area contributed by atoms with E-state index < -0.39 is 11.9 Å². The highest BCUT2D eigenvalue weighted by Gasteiger charge is 2.25. The molecule has 0 fully saturated rings. The summed E-state index contributed by atoms with van der Waals surface area (Å²) in [6.45, 7) is 1.55. The van der Waals surface area contributed by atoms with E-state index in [0.717, 1.165) is 49.9 Å². The zero-order chi connectivity index (χ0) is 30.9. The average Bonchev–Trinajstić information content (AvgIpc) is 3.44. The van der Waals surface area contributed by atoms with Crippen molar-refractivity contribution in [1.29, 1.82) is 0 Å². The molecule has 2 aliphatic rings. The fourth-order valence-corrected chi connectivity index (χ4v) is 5.97. The minimum atomic E-state index is -1.26. The molecular weight excluding hydrogens is 587 g/mol. The number of hydrogen-bond donors (Lipinski definition) is 2. The Balaban J connectivity index is 0.000000467. The lowest BCUT2D eigenvalue weighted by Gasteiger charge is -2.28. The van der Waals surface area contributed by atoms with Gasteiger partial charge in [0.2, 0.25) is 0 Å². The number of carboxylic acid groups (broad SMARTS) is 2. The third-order valence-electron chi connectivity index (χ3n) is 7.97. The van der Waals surface area contributed by atoms with Crippen molar-refractivity contribution >= 4 is 46.7 Å². The average molecular weight is 624 g/mol. The monoisotopic (exact) mass is 622 g/mol. The minimum absolute atomic E-state index is 0.0210. The summed E-state index contributed by atoms with van der Waals surface area (Å²) in [5.74, 6) is -2.49. The molecular formula is C34H36Cl2N2O5. The molecule has 5 rings (SSSR count). The number of likely N-dealkylation sites (N-methyl/N-ethyl adjacent to an activating group) is 1. The maximum atomic E-state index is 13.7. The normalized spacial score (nSPS) is 14.1. The number of amides is 1. The SMILES string of the molecule is CN(CCCN(C(=O)c1ccc2c(c1)CCCC2)c1ccc(Cl)c(Cl)c1)C1Cc2ccccc2C1.O=C(O)/C=C/C(=O)O. The number of anilines is 1. The van der Waals surface area contributed by atoms with Crippen LogP contribution in [0, 0.1) is 0 Å². The van der Waals surface area contributed by atoms with Gasteiger partial charge in [-0.25, -0.2) is 9.59 Å². The molecule has 9 heteroatoms. The predicted octanol–water partition coefficient (Wildman–Crippen LogP) is 6.72. The van der Waals surface area contributed by atoms with E-state index in [2.05, 4.69) is 48.3 Å². The first kappa shape index (κ1) is 32.3. The quantitative estimate of drug-likeness (QED) is 0.257. The fraction of sp³-hybridized carbons (Fsp3) is 0.324. The Bertz CT molecular complexity index is 1460. The van der Waals surface area contributed by atoms with Crippen LogP contribution >= 0.6 is 23.2 Å². The van der Waals surface area contributed by atoms with Crippen molar-refractivity contribution < 1.29 is 24.6 Å². The van der Waals surface area contributed by atoms with Crippen LogP contribution in [0.15, 0.2) is 72.8 Å². The first-order chi connectivity index (χ1) is 20.6. The maximum absolute atomic E-state index is 13.7. The Morgan fingerprint density at radius 1 is 0.791 bits per heavy atom. The van der Waals surface area contributed by atoms with Crippen LogP contribution in [-0.4, -0.2) is 59.1 Å². The van der Waals surface area contributed by atoms with Gasteiger partial charge in [0.1, 0.15) is 0 Å². The van der Waals surface area contributed by atoms with E-state index in [-0.39, 0.29) is 5.91 Å². The van der Waals surface area contributed by atoms with Gasteiger partial charge in [-0.3, -0.25) is 4.79 Å². The Morgan fingerprint density at radius 2 is 1.42 bits per heavy atom. The van der Waals surface area contributed by atoms with Gasteiger partial charge in [-0.1, -0.05) is 53.5 Å². The molecule has 3 aromatic carbocycles. The summed E-state index contributed by atoms with van der Waals surface area (Å²) in [7, 11) is 2.20. The van der Waals surface area contributed by atoms with Gasteiger partial charge in [-0.05, 0) is 111 Å². The van der Waals surface area contributed by atoms with Crippen LogP contribution < -0.4 is 4.90 Å². The molecule has 0 spiro atoms. The number of carbonyl (C=O) groups excluding carboxylic acids is 1. The molecule has 0 bridgehead atoms. The number of carboxylic acids is 2. The lowest BCUT2D eigenvalue weighted by atomic mass is 9.90. The van der Waals surface area contributed by atoms with Gasteiger partial charge < -0.3 is 20.0 Å². The second kappa shape index (κ2) is 15.2. The first-order valence-electron chi connectivity index (χ1n) is 14.4. The van der Waals surface area contributed by atoms with E-state index in [1.165, 1.54) is 35.1 Å². The molecule has 0 aliphatic heterocycles. The highest BCUT2D eigenvalue weighted by Crippen LogP contribution is 2.30. The highest BCUT2D eigenvalue weighted by molar-refractivity contribution is 6.42. The Kier molecular flexibility index (Phi) is 11.4. The number of aryl methyl sites for hydroxylation is 2. The Hall–Kier alpha value is -3.65. The van der Waals surface area contributed by atoms with Gasteiger partial charge in [0.15, 0.2) is 0 Å². The Labute approximate surface area is 262 Å². The highest BCUT2D eigenvalue weighted by atomic mass is 35.5. The molecule has 0 saturated carbocycles. The van der Waals surface area contributed by atoms with E-state index in [1.807, 2.05) is 17.0 Å². The second-order valence-electron chi connectivity index (χ2n) is 10.9. The van der Waals surface area contributed by atoms with E-state index in [9.17, 15) is 14.4 Å². The Morgan fingerprint density at radius 3 is 2.02 bits per heavy atom. The van der Waals surface area contributed by atoms with Crippen molar-refractivity contribution in [2.45, 2.75) is 51.0 Å². The molecule has 0 radical (unpaired) electrons. The van der Waals surface area contributed by atoms with Crippen LogP contribution in [-0.2, 0) is 35.3 Å². The number of halogens is 2. The standard InChI is InChI=1S/C30H32Cl2N2O.C4H4O4/c1-33(27-18-23-9-4-5-10-24(23)19-27)15-6-16-34(26-13-14-28(31)29(32)20-26)30(35)25-12-11-21-7-2-3-8-22(21)17-25;5-3(6)1-2-4(7)8/h4-5,9-14,17,20,27H,2-3,6-8,15-16,18-19H2,1H3;1-2H,(H,5,6)(H,7,8)/b;2-1+. The molecule has 0 atom stereocenters. The second-order valence-corrected chi connectivity index (χ2v) is 11.7. The summed E-state index contributed by atoms with van der Waals surface area (Å²) in [6, 6.07) is 20.9. The number of benzene rings is 3. The van der Waals surface area contributed by atoms with Crippen molar-refractivity contribution in [2.24, 2.45) is 0 Å². The zero-order valence-corrected chi connectivity index (χ0v) is 25.7. The van der Waals surface area contributed by atoms with Crippen LogP contribution in [0.1, 0.15) is 51.9 Å². The van der Waals surface area contributed by atoms with Gasteiger partial charge in [0.05, 0.1) is 10.0 Å². The third kappa shape index (κ3) is 8.92. The lowest BCUT2D eigenvalue weighted by molar-refractivity contribution is -0.134. The van der Waals surface area contributed by atoms with Crippen LogP contribution in [0.3, 0.4) is 0 Å². The number of hydrogen-bond acceptors (Lipinski definition) is 4. The molecule has 43 heavy (non-hydrogen) atoms. The number of nitrogens with zero attached hydrogens (tertiary/aromatic N) is 2. The van der Waals surface area contributed by atoms with Crippen molar-refractivity contribution in [3.63, 3.8) is 0 Å². The molecule has 0 heterocycles. The van der Waals surface area contributed by atoms with Crippen molar-refractivity contribution in [3.8, 4) is 0 Å². The molecule has 2 N–H and O–H groups in total. The summed E-state index contributed by atoms with van der Waals surface area (Å²) in [4.78, 5) is 37.2. The molecule has 0 unspecified atom stereocenters. The number of rotatable bonds is 9. The minimum Gasteiger partial charge on any atom is -0.478 e. The van der Waals surface area contributed by atoms with Crippen LogP contribution in [0.2, 0.25) is 10.0 Å². The molecule has 0 saturated heterocycles. The summed E-state index contributed by atoms with van der Waals surface area (Å²) in [5, 5.41) is 16.6. The van der Waals surface area contributed by atoms with Gasteiger partial charge in [-0.2, -0.15) is 0 Å². The van der Waals surface area contributed by atoms with Crippen molar-refractivity contribution in [1.82, 2.24) is 4.90 Å². The molecule has 3 aromatic rings. The molecule has 226 valence electrons. The van der Waals surface area contributed by atoms with Gasteiger partial charge >= 0.3 is 11.9 Å². The van der Waals surface area contributed by atoms with Crippen molar-refractivity contribution in [3.05, 3.63) is 111 Å². The number of carbonyl (C=O) groups is 3. The fourth-order valence-electron chi connectivity index (χ4n) is 5.67. The first-order valence-corrected chi connectivity index (χ1v) is 15.2. The van der Waals surface area contributed by atoms with E-state index >= 15 is 0 Å². The van der Waals surface area contributed by atoms with Crippen LogP contribution in [0.25, 0.3) is 0 Å². The number of fused-ring (bicyclic) bond motifs is 2. The van der Waals surface area contributed by atoms with Gasteiger partial charge in [0, 0.05) is 36.0 Å². The van der Waals surface area contributed by atoms with Crippen LogP contribution in [0.5, 0.6) is 0 Å². The van der Waals surface area contributed by atoms with E-state index in [4.69, 9.17) is 33.4 Å². The molecule has 7 nitrogen and oxygen atoms in total. The number of aliphatic carboxylic acids is 2. The lowest BCUT2D eigenvalue weighted by Crippen LogP contribution is -2.37. The summed E-state index contributed by atoms with van der Waals surface area (Å²) in [5.41, 5.74) is 7.16. The zero-order valence-electron chi connectivity index (χ0n) is 24.1.